The van der Waals surface area contributed by atoms with Gasteiger partial charge in [-0.25, -0.2) is 9.59 Å². The summed E-state index contributed by atoms with van der Waals surface area (Å²) < 4.78 is 10.9. The number of hydrogen-bond donors (Lipinski definition) is 0. The summed E-state index contributed by atoms with van der Waals surface area (Å²) in [7, 11) is 0. The van der Waals surface area contributed by atoms with Crippen molar-refractivity contribution in [3.8, 4) is 0 Å². The number of benzene rings is 4. The van der Waals surface area contributed by atoms with Crippen LogP contribution in [0.25, 0.3) is 0 Å². The molecule has 0 amide bonds. The van der Waals surface area contributed by atoms with Crippen LogP contribution in [-0.2, 0) is 19.1 Å². The molecule has 2 atom stereocenters. The van der Waals surface area contributed by atoms with Crippen LogP contribution in [0.2, 0.25) is 0 Å². The maximum absolute atomic E-state index is 13.5. The van der Waals surface area contributed by atoms with E-state index in [1.807, 2.05) is 121 Å². The molecule has 0 unspecified atom stereocenters. The summed E-state index contributed by atoms with van der Waals surface area (Å²) in [5.74, 6) is -1.32. The van der Waals surface area contributed by atoms with Gasteiger partial charge in [-0.05, 0) is 13.8 Å². The highest BCUT2D eigenvalue weighted by molar-refractivity contribution is 6.15. The number of carbonyl (C=O) groups is 2. The Morgan fingerprint density at radius 3 is 0.975 bits per heavy atom. The summed E-state index contributed by atoms with van der Waals surface area (Å²) in [6, 6.07) is 35.5. The Morgan fingerprint density at radius 1 is 0.500 bits per heavy atom. The van der Waals surface area contributed by atoms with Crippen molar-refractivity contribution < 1.29 is 19.1 Å². The SMILES string of the molecule is CCOC(=O)[C@H](N=C(c1ccccc1)c1ccccc1)[C@@H](N=C(c1ccccc1)c1ccccc1)C(=O)OCC. The van der Waals surface area contributed by atoms with Crippen molar-refractivity contribution in [1.29, 1.82) is 0 Å². The van der Waals surface area contributed by atoms with Crippen molar-refractivity contribution in [1.82, 2.24) is 0 Å². The average Bonchev–Trinajstić information content (AvgIpc) is 3.01. The molecule has 0 saturated carbocycles. The van der Waals surface area contributed by atoms with Crippen molar-refractivity contribution >= 4 is 23.4 Å². The van der Waals surface area contributed by atoms with Crippen LogP contribution in [0.3, 0.4) is 0 Å². The molecule has 0 fully saturated rings. The Labute approximate surface area is 235 Å². The van der Waals surface area contributed by atoms with E-state index in [1.54, 1.807) is 13.8 Å². The highest BCUT2D eigenvalue weighted by Gasteiger charge is 2.37. The van der Waals surface area contributed by atoms with Gasteiger partial charge in [-0.1, -0.05) is 121 Å². The third kappa shape index (κ3) is 7.17. The molecule has 0 radical (unpaired) electrons. The first-order valence-corrected chi connectivity index (χ1v) is 13.3. The van der Waals surface area contributed by atoms with Gasteiger partial charge in [-0.15, -0.1) is 0 Å². The Morgan fingerprint density at radius 2 is 0.750 bits per heavy atom. The molecule has 4 rings (SSSR count). The number of carbonyl (C=O) groups excluding carboxylic acids is 2. The average molecular weight is 533 g/mol. The molecule has 4 aromatic carbocycles. The first kappa shape index (κ1) is 28.2. The minimum atomic E-state index is -1.29. The number of hydrogen-bond acceptors (Lipinski definition) is 6. The molecule has 0 saturated heterocycles. The number of rotatable bonds is 11. The van der Waals surface area contributed by atoms with E-state index >= 15 is 0 Å². The van der Waals surface area contributed by atoms with E-state index < -0.39 is 24.0 Å². The molecule has 40 heavy (non-hydrogen) atoms. The Bertz CT molecular complexity index is 1240. The van der Waals surface area contributed by atoms with Crippen LogP contribution in [0.4, 0.5) is 0 Å². The fourth-order valence-electron chi connectivity index (χ4n) is 4.25. The second-order valence-electron chi connectivity index (χ2n) is 8.81. The lowest BCUT2D eigenvalue weighted by Crippen LogP contribution is -2.41. The zero-order chi connectivity index (χ0) is 28.2. The van der Waals surface area contributed by atoms with Gasteiger partial charge in [0.15, 0.2) is 12.1 Å². The predicted molar refractivity (Wildman–Crippen MR) is 158 cm³/mol. The van der Waals surface area contributed by atoms with Crippen LogP contribution in [0.1, 0.15) is 36.1 Å². The standard InChI is InChI=1S/C34H32N2O4/c1-3-39-33(37)31(35-29(25-17-9-5-10-18-25)26-19-11-6-12-20-26)32(34(38)40-4-2)36-30(27-21-13-7-14-22-27)28-23-15-8-16-24-28/h5-24,31-32H,3-4H2,1-2H3/t31-,32-/m1/s1. The molecule has 0 aliphatic rings. The van der Waals surface area contributed by atoms with Crippen molar-refractivity contribution in [2.75, 3.05) is 13.2 Å². The monoisotopic (exact) mass is 532 g/mol. The second-order valence-corrected chi connectivity index (χ2v) is 8.81. The maximum Gasteiger partial charge on any atom is 0.333 e. The smallest absolute Gasteiger partial charge is 0.333 e. The summed E-state index contributed by atoms with van der Waals surface area (Å²) in [4.78, 5) is 36.9. The van der Waals surface area contributed by atoms with E-state index in [0.29, 0.717) is 11.4 Å². The van der Waals surface area contributed by atoms with E-state index in [1.165, 1.54) is 0 Å². The number of aliphatic imine (C=N–C) groups is 2. The summed E-state index contributed by atoms with van der Waals surface area (Å²) in [6.07, 6.45) is 0. The fourth-order valence-corrected chi connectivity index (χ4v) is 4.25. The highest BCUT2D eigenvalue weighted by atomic mass is 16.5. The maximum atomic E-state index is 13.5. The van der Waals surface area contributed by atoms with Crippen LogP contribution in [-0.4, -0.2) is 48.7 Å². The van der Waals surface area contributed by atoms with Gasteiger partial charge in [0.05, 0.1) is 24.6 Å². The highest BCUT2D eigenvalue weighted by Crippen LogP contribution is 2.20. The zero-order valence-corrected chi connectivity index (χ0v) is 22.6. The first-order valence-electron chi connectivity index (χ1n) is 13.3. The normalized spacial score (nSPS) is 11.9. The lowest BCUT2D eigenvalue weighted by molar-refractivity contribution is -0.152. The largest absolute Gasteiger partial charge is 0.464 e. The van der Waals surface area contributed by atoms with Gasteiger partial charge in [0.2, 0.25) is 0 Å². The van der Waals surface area contributed by atoms with Gasteiger partial charge >= 0.3 is 11.9 Å². The molecule has 0 N–H and O–H groups in total. The Balaban J connectivity index is 1.96. The molecule has 0 aliphatic heterocycles. The number of ether oxygens (including phenoxy) is 2. The fraction of sp³-hybridized carbons (Fsp3) is 0.176. The van der Waals surface area contributed by atoms with E-state index in [4.69, 9.17) is 19.5 Å². The third-order valence-electron chi connectivity index (χ3n) is 6.08. The first-order chi connectivity index (χ1) is 19.6. The molecule has 6 nitrogen and oxygen atoms in total. The van der Waals surface area contributed by atoms with Crippen molar-refractivity contribution in [3.63, 3.8) is 0 Å². The number of nitrogens with zero attached hydrogens (tertiary/aromatic N) is 2. The van der Waals surface area contributed by atoms with E-state index in [0.717, 1.165) is 22.3 Å². The molecule has 0 aromatic heterocycles. The Kier molecular flexibility index (Phi) is 10.1. The summed E-state index contributed by atoms with van der Waals surface area (Å²) in [6.45, 7) is 3.69. The molecular weight excluding hydrogens is 500 g/mol. The van der Waals surface area contributed by atoms with Crippen LogP contribution in [0.5, 0.6) is 0 Å². The van der Waals surface area contributed by atoms with E-state index in [2.05, 4.69) is 0 Å². The van der Waals surface area contributed by atoms with Crippen molar-refractivity contribution in [3.05, 3.63) is 144 Å². The number of esters is 2. The third-order valence-corrected chi connectivity index (χ3v) is 6.08. The second kappa shape index (κ2) is 14.4. The van der Waals surface area contributed by atoms with Gasteiger partial charge in [-0.2, -0.15) is 0 Å². The van der Waals surface area contributed by atoms with Crippen LogP contribution >= 0.6 is 0 Å². The predicted octanol–water partition coefficient (Wildman–Crippen LogP) is 5.93. The van der Waals surface area contributed by atoms with E-state index in [-0.39, 0.29) is 13.2 Å². The molecule has 0 spiro atoms. The van der Waals surface area contributed by atoms with Gasteiger partial charge in [0.1, 0.15) is 0 Å². The quantitative estimate of drug-likeness (QED) is 0.177. The topological polar surface area (TPSA) is 77.3 Å². The molecule has 0 aliphatic carbocycles. The van der Waals surface area contributed by atoms with Gasteiger partial charge < -0.3 is 9.47 Å². The van der Waals surface area contributed by atoms with Gasteiger partial charge in [0, 0.05) is 22.3 Å². The summed E-state index contributed by atoms with van der Waals surface area (Å²) in [5.41, 5.74) is 4.26. The Hall–Kier alpha value is -4.84. The molecular formula is C34H32N2O4. The lowest BCUT2D eigenvalue weighted by Gasteiger charge is -2.21. The molecule has 0 bridgehead atoms. The molecule has 4 aromatic rings. The molecule has 6 heteroatoms. The van der Waals surface area contributed by atoms with Crippen LogP contribution in [0.15, 0.2) is 131 Å². The van der Waals surface area contributed by atoms with Crippen molar-refractivity contribution in [2.45, 2.75) is 25.9 Å². The van der Waals surface area contributed by atoms with Crippen LogP contribution < -0.4 is 0 Å². The van der Waals surface area contributed by atoms with E-state index in [9.17, 15) is 9.59 Å². The summed E-state index contributed by atoms with van der Waals surface area (Å²) in [5, 5.41) is 0. The minimum absolute atomic E-state index is 0.125. The molecule has 202 valence electrons. The minimum Gasteiger partial charge on any atom is -0.464 e. The van der Waals surface area contributed by atoms with Gasteiger partial charge in [-0.3, -0.25) is 9.98 Å². The van der Waals surface area contributed by atoms with Crippen LogP contribution in [0, 0.1) is 0 Å². The van der Waals surface area contributed by atoms with Crippen molar-refractivity contribution in [2.24, 2.45) is 9.98 Å². The summed E-state index contributed by atoms with van der Waals surface area (Å²) >= 11 is 0. The molecule has 0 heterocycles. The van der Waals surface area contributed by atoms with Gasteiger partial charge in [0.25, 0.3) is 0 Å². The zero-order valence-electron chi connectivity index (χ0n) is 22.6. The lowest BCUT2D eigenvalue weighted by atomic mass is 9.99.